The van der Waals surface area contributed by atoms with Crippen LogP contribution in [-0.4, -0.2) is 36.6 Å². The monoisotopic (exact) mass is 206 g/mol. The average Bonchev–Trinajstić information content (AvgIpc) is 2.68. The minimum Gasteiger partial charge on any atom is -0.311 e. The molecule has 2 saturated heterocycles. The Labute approximate surface area is 93.4 Å². The van der Waals surface area contributed by atoms with E-state index in [1.54, 1.807) is 0 Å². The summed E-state index contributed by atoms with van der Waals surface area (Å²) in [6, 6.07) is 1.57. The predicted octanol–water partition coefficient (Wildman–Crippen LogP) is 1.62. The van der Waals surface area contributed by atoms with Crippen molar-refractivity contribution < 1.29 is 0 Å². The van der Waals surface area contributed by atoms with Crippen LogP contribution in [0.2, 0.25) is 0 Å². The van der Waals surface area contributed by atoms with E-state index in [0.29, 0.717) is 0 Å². The van der Waals surface area contributed by atoms with Crippen LogP contribution in [0.4, 0.5) is 0 Å². The van der Waals surface area contributed by atoms with Gasteiger partial charge in [0.25, 0.3) is 0 Å². The summed E-state index contributed by atoms with van der Waals surface area (Å²) in [4.78, 5) is 2.67. The molecule has 2 unspecified atom stereocenters. The molecule has 0 aromatic rings. The molecule has 84 valence electrons. The smallest absolute Gasteiger partial charge is 0.0249 e. The molecule has 2 heterocycles. The second kappa shape index (κ2) is 5.53. The topological polar surface area (TPSA) is 15.3 Å². The number of rotatable bonds is 3. The van der Waals surface area contributed by atoms with Gasteiger partial charge in [-0.15, -0.1) is 11.8 Å². The van der Waals surface area contributed by atoms with Crippen LogP contribution in [0.1, 0.15) is 39.0 Å². The maximum Gasteiger partial charge on any atom is 0.0249 e. The van der Waals surface area contributed by atoms with Crippen LogP contribution < -0.4 is 5.32 Å². The minimum atomic E-state index is 0.740. The summed E-state index contributed by atoms with van der Waals surface area (Å²) in [5.41, 5.74) is 0. The Morgan fingerprint density at radius 1 is 1.27 bits per heavy atom. The Bertz CT molecular complexity index is 251. The Kier molecular flexibility index (Phi) is 4.05. The molecule has 2 fully saturated rings. The lowest BCUT2D eigenvalue weighted by atomic mass is 9.99. The van der Waals surface area contributed by atoms with Gasteiger partial charge in [0.15, 0.2) is 0 Å². The van der Waals surface area contributed by atoms with Gasteiger partial charge in [-0.25, -0.2) is 0 Å². The van der Waals surface area contributed by atoms with Crippen molar-refractivity contribution in [2.24, 2.45) is 0 Å². The first-order valence-electron chi connectivity index (χ1n) is 6.29. The van der Waals surface area contributed by atoms with E-state index in [-0.39, 0.29) is 0 Å². The summed E-state index contributed by atoms with van der Waals surface area (Å²) in [5.74, 6) is 6.07. The van der Waals surface area contributed by atoms with Gasteiger partial charge >= 0.3 is 0 Å². The van der Waals surface area contributed by atoms with Crippen LogP contribution in [0.25, 0.3) is 0 Å². The van der Waals surface area contributed by atoms with Crippen LogP contribution in [-0.2, 0) is 0 Å². The average molecular weight is 206 g/mol. The van der Waals surface area contributed by atoms with Crippen LogP contribution >= 0.6 is 0 Å². The molecule has 2 aliphatic rings. The van der Waals surface area contributed by atoms with Gasteiger partial charge in [-0.2, -0.15) is 0 Å². The fourth-order valence-electron chi connectivity index (χ4n) is 2.93. The van der Waals surface area contributed by atoms with E-state index in [1.807, 2.05) is 6.92 Å². The van der Waals surface area contributed by atoms with Crippen LogP contribution in [0, 0.1) is 11.8 Å². The minimum absolute atomic E-state index is 0.740. The lowest BCUT2D eigenvalue weighted by Crippen LogP contribution is -2.45. The Hall–Kier alpha value is -0.520. The standard InChI is InChI=1S/C13H22N2/c1-2-3-5-9-14-12-8-11-15-10-6-4-7-13(12)15/h12-14H,4-11H2,1H3. The molecule has 0 spiro atoms. The lowest BCUT2D eigenvalue weighted by molar-refractivity contribution is 0.181. The predicted molar refractivity (Wildman–Crippen MR) is 63.7 cm³/mol. The normalized spacial score (nSPS) is 30.7. The Morgan fingerprint density at radius 2 is 2.20 bits per heavy atom. The third kappa shape index (κ3) is 2.74. The maximum atomic E-state index is 3.67. The van der Waals surface area contributed by atoms with Gasteiger partial charge in [-0.05, 0) is 32.7 Å². The van der Waals surface area contributed by atoms with Crippen molar-refractivity contribution in [1.29, 1.82) is 0 Å². The molecule has 0 aliphatic carbocycles. The number of fused-ring (bicyclic) bond motifs is 1. The molecule has 0 bridgehead atoms. The molecule has 0 saturated carbocycles. The number of hydrogen-bond acceptors (Lipinski definition) is 2. The third-order valence-electron chi connectivity index (χ3n) is 3.69. The van der Waals surface area contributed by atoms with Gasteiger partial charge in [0, 0.05) is 31.6 Å². The van der Waals surface area contributed by atoms with Gasteiger partial charge in [0.2, 0.25) is 0 Å². The van der Waals surface area contributed by atoms with E-state index >= 15 is 0 Å². The van der Waals surface area contributed by atoms with Crippen LogP contribution in [0.5, 0.6) is 0 Å². The van der Waals surface area contributed by atoms with E-state index in [1.165, 1.54) is 38.8 Å². The van der Waals surface area contributed by atoms with Gasteiger partial charge in [-0.1, -0.05) is 6.42 Å². The van der Waals surface area contributed by atoms with Gasteiger partial charge in [-0.3, -0.25) is 4.90 Å². The van der Waals surface area contributed by atoms with Crippen LogP contribution in [0.15, 0.2) is 0 Å². The third-order valence-corrected chi connectivity index (χ3v) is 3.69. The van der Waals surface area contributed by atoms with Crippen molar-refractivity contribution in [3.05, 3.63) is 0 Å². The summed E-state index contributed by atoms with van der Waals surface area (Å²) in [7, 11) is 0. The van der Waals surface area contributed by atoms with Crippen LogP contribution in [0.3, 0.4) is 0 Å². The van der Waals surface area contributed by atoms with Crippen molar-refractivity contribution in [2.45, 2.75) is 51.1 Å². The highest BCUT2D eigenvalue weighted by molar-refractivity contribution is 4.97. The molecule has 0 aromatic carbocycles. The van der Waals surface area contributed by atoms with Crippen molar-refractivity contribution in [3.8, 4) is 11.8 Å². The maximum absolute atomic E-state index is 3.67. The van der Waals surface area contributed by atoms with Gasteiger partial charge < -0.3 is 5.32 Å². The van der Waals surface area contributed by atoms with E-state index in [4.69, 9.17) is 0 Å². The van der Waals surface area contributed by atoms with Crippen molar-refractivity contribution in [3.63, 3.8) is 0 Å². The summed E-state index contributed by atoms with van der Waals surface area (Å²) >= 11 is 0. The molecule has 2 heteroatoms. The van der Waals surface area contributed by atoms with Crippen molar-refractivity contribution >= 4 is 0 Å². The van der Waals surface area contributed by atoms with E-state index in [0.717, 1.165) is 25.0 Å². The second-order valence-corrected chi connectivity index (χ2v) is 4.63. The fourth-order valence-corrected chi connectivity index (χ4v) is 2.93. The van der Waals surface area contributed by atoms with E-state index < -0.39 is 0 Å². The number of nitrogens with zero attached hydrogens (tertiary/aromatic N) is 1. The largest absolute Gasteiger partial charge is 0.311 e. The zero-order valence-electron chi connectivity index (χ0n) is 9.76. The van der Waals surface area contributed by atoms with Gasteiger partial charge in [0.05, 0.1) is 0 Å². The molecule has 0 amide bonds. The molecule has 0 radical (unpaired) electrons. The second-order valence-electron chi connectivity index (χ2n) is 4.63. The molecule has 0 aromatic heterocycles. The molecule has 2 nitrogen and oxygen atoms in total. The SMILES string of the molecule is CC#CCCNC1CCN2CCCCC12. The molecular weight excluding hydrogens is 184 g/mol. The fraction of sp³-hybridized carbons (Fsp3) is 0.846. The number of hydrogen-bond donors (Lipinski definition) is 1. The first-order chi connectivity index (χ1) is 7.42. The summed E-state index contributed by atoms with van der Waals surface area (Å²) in [5, 5.41) is 3.67. The Morgan fingerprint density at radius 3 is 3.07 bits per heavy atom. The quantitative estimate of drug-likeness (QED) is 0.557. The highest BCUT2D eigenvalue weighted by Gasteiger charge is 2.34. The lowest BCUT2D eigenvalue weighted by Gasteiger charge is -2.32. The number of nitrogens with one attached hydrogen (secondary N) is 1. The molecule has 2 aliphatic heterocycles. The highest BCUT2D eigenvalue weighted by Crippen LogP contribution is 2.26. The van der Waals surface area contributed by atoms with Crippen molar-refractivity contribution in [2.75, 3.05) is 19.6 Å². The van der Waals surface area contributed by atoms with E-state index in [9.17, 15) is 0 Å². The molecular formula is C13H22N2. The summed E-state index contributed by atoms with van der Waals surface area (Å²) in [6.45, 7) is 5.62. The first kappa shape index (κ1) is 11.0. The molecule has 1 N–H and O–H groups in total. The molecule has 2 atom stereocenters. The van der Waals surface area contributed by atoms with Crippen molar-refractivity contribution in [1.82, 2.24) is 10.2 Å². The zero-order chi connectivity index (χ0) is 10.5. The van der Waals surface area contributed by atoms with Gasteiger partial charge in [0.1, 0.15) is 0 Å². The molecule has 2 rings (SSSR count). The zero-order valence-corrected chi connectivity index (χ0v) is 9.76. The highest BCUT2D eigenvalue weighted by atomic mass is 15.2. The molecule has 15 heavy (non-hydrogen) atoms. The summed E-state index contributed by atoms with van der Waals surface area (Å²) < 4.78 is 0. The van der Waals surface area contributed by atoms with E-state index in [2.05, 4.69) is 22.1 Å². The number of piperidine rings is 1. The Balaban J connectivity index is 1.74. The first-order valence-corrected chi connectivity index (χ1v) is 6.29. The summed E-state index contributed by atoms with van der Waals surface area (Å²) in [6.07, 6.45) is 6.57.